The number of carbonyl (C=O) groups is 1. The lowest BCUT2D eigenvalue weighted by Crippen LogP contribution is -2.25. The Kier molecular flexibility index (Phi) is 8.54. The van der Waals surface area contributed by atoms with Crippen molar-refractivity contribution in [2.24, 2.45) is 0 Å². The first-order valence-electron chi connectivity index (χ1n) is 12.3. The summed E-state index contributed by atoms with van der Waals surface area (Å²) in [6, 6.07) is 16.3. The number of aromatic nitrogens is 2. The molecule has 4 rings (SSSR count). The van der Waals surface area contributed by atoms with Gasteiger partial charge in [0.05, 0.1) is 19.6 Å². The van der Waals surface area contributed by atoms with Crippen LogP contribution in [-0.4, -0.2) is 22.9 Å². The van der Waals surface area contributed by atoms with Gasteiger partial charge in [-0.2, -0.15) is 5.10 Å². The largest absolute Gasteiger partial charge is 0.489 e. The van der Waals surface area contributed by atoms with Crippen LogP contribution in [0.4, 0.5) is 0 Å². The van der Waals surface area contributed by atoms with Gasteiger partial charge < -0.3 is 9.47 Å². The van der Waals surface area contributed by atoms with Crippen LogP contribution in [0.15, 0.2) is 60.9 Å². The first-order valence-corrected chi connectivity index (χ1v) is 12.3. The van der Waals surface area contributed by atoms with E-state index in [2.05, 4.69) is 44.1 Å². The molecule has 2 unspecified atom stereocenters. The van der Waals surface area contributed by atoms with E-state index in [0.29, 0.717) is 12.5 Å². The standard InChI is InChI=1S/C27H32N2O3.C2H6/c1-19-12-13-27(2,3)24-11-6-20(16-23(19)24)18-32-22-9-7-21(8-10-22)25(17-26(30)31-4)29-15-5-14-28-29;1-2/h5-11,14-16,19,25H,12-13,17-18H2,1-4H3;1-2H3. The summed E-state index contributed by atoms with van der Waals surface area (Å²) in [5, 5.41) is 4.31. The minimum atomic E-state index is -0.268. The molecule has 0 fully saturated rings. The molecule has 2 atom stereocenters. The predicted octanol–water partition coefficient (Wildman–Crippen LogP) is 6.82. The fourth-order valence-corrected chi connectivity index (χ4v) is 4.62. The van der Waals surface area contributed by atoms with Crippen LogP contribution in [0.25, 0.3) is 0 Å². The van der Waals surface area contributed by atoms with Crippen molar-refractivity contribution in [1.29, 1.82) is 0 Å². The number of fused-ring (bicyclic) bond motifs is 1. The highest BCUT2D eigenvalue weighted by Crippen LogP contribution is 2.42. The number of ether oxygens (including phenoxy) is 2. The quantitative estimate of drug-likeness (QED) is 0.362. The Labute approximate surface area is 204 Å². The van der Waals surface area contributed by atoms with Crippen LogP contribution >= 0.6 is 0 Å². The number of rotatable bonds is 7. The lowest BCUT2D eigenvalue weighted by molar-refractivity contribution is -0.141. The molecule has 5 nitrogen and oxygen atoms in total. The summed E-state index contributed by atoms with van der Waals surface area (Å²) < 4.78 is 12.7. The Morgan fingerprint density at radius 3 is 2.56 bits per heavy atom. The summed E-state index contributed by atoms with van der Waals surface area (Å²) >= 11 is 0. The number of benzene rings is 2. The van der Waals surface area contributed by atoms with Gasteiger partial charge >= 0.3 is 5.97 Å². The van der Waals surface area contributed by atoms with Crippen LogP contribution in [0.3, 0.4) is 0 Å². The molecule has 34 heavy (non-hydrogen) atoms. The fraction of sp³-hybridized carbons (Fsp3) is 0.448. The lowest BCUT2D eigenvalue weighted by Gasteiger charge is -2.36. The number of carbonyl (C=O) groups excluding carboxylic acids is 1. The van der Waals surface area contributed by atoms with Crippen LogP contribution in [0, 0.1) is 0 Å². The second-order valence-electron chi connectivity index (χ2n) is 9.39. The van der Waals surface area contributed by atoms with Crippen molar-refractivity contribution in [3.63, 3.8) is 0 Å². The highest BCUT2D eigenvalue weighted by atomic mass is 16.5. The third kappa shape index (κ3) is 5.88. The van der Waals surface area contributed by atoms with Gasteiger partial charge in [0, 0.05) is 12.4 Å². The molecule has 2 aromatic carbocycles. The number of esters is 1. The predicted molar refractivity (Wildman–Crippen MR) is 136 cm³/mol. The van der Waals surface area contributed by atoms with E-state index in [1.165, 1.54) is 36.6 Å². The third-order valence-electron chi connectivity index (χ3n) is 6.68. The summed E-state index contributed by atoms with van der Waals surface area (Å²) in [7, 11) is 1.40. The van der Waals surface area contributed by atoms with Crippen molar-refractivity contribution in [3.05, 3.63) is 83.2 Å². The molecule has 5 heteroatoms. The Bertz CT molecular complexity index is 1060. The minimum absolute atomic E-state index is 0.211. The van der Waals surface area contributed by atoms with Gasteiger partial charge in [0.15, 0.2) is 0 Å². The Hall–Kier alpha value is -3.08. The number of methoxy groups -OCH3 is 1. The SMILES string of the molecule is CC.COC(=O)CC(c1ccc(OCc2ccc3c(c2)C(C)CCC3(C)C)cc1)n1cccn1. The van der Waals surface area contributed by atoms with Gasteiger partial charge in [0.25, 0.3) is 0 Å². The van der Waals surface area contributed by atoms with Crippen molar-refractivity contribution in [2.45, 2.75) is 77.9 Å². The van der Waals surface area contributed by atoms with Crippen molar-refractivity contribution < 1.29 is 14.3 Å². The maximum absolute atomic E-state index is 11.9. The summed E-state index contributed by atoms with van der Waals surface area (Å²) in [6.07, 6.45) is 6.26. The second-order valence-corrected chi connectivity index (χ2v) is 9.39. The molecule has 1 aromatic heterocycles. The lowest BCUT2D eigenvalue weighted by atomic mass is 9.69. The summed E-state index contributed by atoms with van der Waals surface area (Å²) in [5.41, 5.74) is 5.35. The van der Waals surface area contributed by atoms with Crippen LogP contribution in [0.5, 0.6) is 5.75 Å². The zero-order chi connectivity index (χ0) is 24.7. The monoisotopic (exact) mass is 462 g/mol. The molecule has 1 aliphatic carbocycles. The van der Waals surface area contributed by atoms with E-state index in [0.717, 1.165) is 11.3 Å². The molecule has 0 radical (unpaired) electrons. The molecule has 182 valence electrons. The van der Waals surface area contributed by atoms with Crippen molar-refractivity contribution in [3.8, 4) is 5.75 Å². The molecular weight excluding hydrogens is 424 g/mol. The fourth-order valence-electron chi connectivity index (χ4n) is 4.62. The Balaban J connectivity index is 0.00000158. The molecule has 1 aliphatic rings. The molecule has 1 heterocycles. The van der Waals surface area contributed by atoms with Gasteiger partial charge in [-0.3, -0.25) is 9.48 Å². The van der Waals surface area contributed by atoms with Crippen LogP contribution in [0.1, 0.15) is 88.1 Å². The summed E-state index contributed by atoms with van der Waals surface area (Å²) in [6.45, 7) is 11.5. The molecular formula is C29H38N2O3. The van der Waals surface area contributed by atoms with Crippen molar-refractivity contribution in [1.82, 2.24) is 9.78 Å². The van der Waals surface area contributed by atoms with E-state index in [4.69, 9.17) is 9.47 Å². The topological polar surface area (TPSA) is 53.4 Å². The maximum atomic E-state index is 11.9. The molecule has 0 bridgehead atoms. The summed E-state index contributed by atoms with van der Waals surface area (Å²) in [5.74, 6) is 1.12. The van der Waals surface area contributed by atoms with E-state index < -0.39 is 0 Å². The number of hydrogen-bond acceptors (Lipinski definition) is 4. The average molecular weight is 463 g/mol. The summed E-state index contributed by atoms with van der Waals surface area (Å²) in [4.78, 5) is 11.9. The minimum Gasteiger partial charge on any atom is -0.489 e. The van der Waals surface area contributed by atoms with Crippen LogP contribution < -0.4 is 4.74 Å². The van der Waals surface area contributed by atoms with Gasteiger partial charge in [0.2, 0.25) is 0 Å². The molecule has 0 saturated carbocycles. The third-order valence-corrected chi connectivity index (χ3v) is 6.68. The van der Waals surface area contributed by atoms with E-state index in [1.807, 2.05) is 50.4 Å². The zero-order valence-electron chi connectivity index (χ0n) is 21.4. The molecule has 3 aromatic rings. The van der Waals surface area contributed by atoms with E-state index >= 15 is 0 Å². The number of hydrogen-bond donors (Lipinski definition) is 0. The number of nitrogens with zero attached hydrogens (tertiary/aromatic N) is 2. The molecule has 0 spiro atoms. The van der Waals surface area contributed by atoms with Gasteiger partial charge in [-0.15, -0.1) is 0 Å². The average Bonchev–Trinajstić information content (AvgIpc) is 3.40. The first-order chi connectivity index (χ1) is 16.4. The highest BCUT2D eigenvalue weighted by Gasteiger charge is 2.30. The molecule has 0 N–H and O–H groups in total. The normalized spacial score (nSPS) is 17.1. The molecule has 0 aliphatic heterocycles. The van der Waals surface area contributed by atoms with Gasteiger partial charge in [-0.1, -0.05) is 65.0 Å². The first kappa shape index (κ1) is 25.5. The zero-order valence-corrected chi connectivity index (χ0v) is 21.4. The van der Waals surface area contributed by atoms with Crippen molar-refractivity contribution >= 4 is 5.97 Å². The smallest absolute Gasteiger partial charge is 0.308 e. The molecule has 0 amide bonds. The Morgan fingerprint density at radius 2 is 1.91 bits per heavy atom. The molecule has 0 saturated heterocycles. The highest BCUT2D eigenvalue weighted by molar-refractivity contribution is 5.70. The van der Waals surface area contributed by atoms with Crippen LogP contribution in [-0.2, 0) is 21.6 Å². The van der Waals surface area contributed by atoms with E-state index in [9.17, 15) is 4.79 Å². The maximum Gasteiger partial charge on any atom is 0.308 e. The van der Waals surface area contributed by atoms with E-state index in [1.54, 1.807) is 10.9 Å². The Morgan fingerprint density at radius 1 is 1.18 bits per heavy atom. The van der Waals surface area contributed by atoms with Gasteiger partial charge in [0.1, 0.15) is 12.4 Å². The van der Waals surface area contributed by atoms with Gasteiger partial charge in [-0.25, -0.2) is 0 Å². The second kappa shape index (κ2) is 11.4. The van der Waals surface area contributed by atoms with E-state index in [-0.39, 0.29) is 23.8 Å². The van der Waals surface area contributed by atoms with Gasteiger partial charge in [-0.05, 0) is 64.6 Å². The van der Waals surface area contributed by atoms with Crippen molar-refractivity contribution in [2.75, 3.05) is 7.11 Å². The van der Waals surface area contributed by atoms with Crippen LogP contribution in [0.2, 0.25) is 0 Å².